The van der Waals surface area contributed by atoms with Gasteiger partial charge in [-0.05, 0) is 24.0 Å². The van der Waals surface area contributed by atoms with Gasteiger partial charge in [0.1, 0.15) is 4.90 Å². The summed E-state index contributed by atoms with van der Waals surface area (Å²) in [6.45, 7) is 4.99. The van der Waals surface area contributed by atoms with Crippen LogP contribution in [-0.2, 0) is 9.05 Å². The fourth-order valence-corrected chi connectivity index (χ4v) is 3.57. The maximum Gasteiger partial charge on any atom is 0.264 e. The molecular formula is C13H14Cl2FNO3S. The first kappa shape index (κ1) is 16.5. The molecular weight excluding hydrogens is 340 g/mol. The van der Waals surface area contributed by atoms with Gasteiger partial charge in [-0.2, -0.15) is 0 Å². The summed E-state index contributed by atoms with van der Waals surface area (Å²) in [6.07, 6.45) is 0. The van der Waals surface area contributed by atoms with Gasteiger partial charge in [-0.15, -0.1) is 0 Å². The lowest BCUT2D eigenvalue weighted by Crippen LogP contribution is -2.30. The molecule has 0 saturated carbocycles. The highest BCUT2D eigenvalue weighted by Crippen LogP contribution is 2.29. The molecule has 1 fully saturated rings. The summed E-state index contributed by atoms with van der Waals surface area (Å²) in [5, 5.41) is -0.0562. The van der Waals surface area contributed by atoms with Gasteiger partial charge in [0.25, 0.3) is 15.0 Å². The number of carbonyl (C=O) groups excluding carboxylic acids is 1. The predicted octanol–water partition coefficient (Wildman–Crippen LogP) is 3.13. The van der Waals surface area contributed by atoms with E-state index in [4.69, 9.17) is 22.3 Å². The number of halogens is 3. The van der Waals surface area contributed by atoms with Crippen LogP contribution in [0.1, 0.15) is 24.2 Å². The Kier molecular flexibility index (Phi) is 4.52. The van der Waals surface area contributed by atoms with Crippen LogP contribution < -0.4 is 0 Å². The van der Waals surface area contributed by atoms with Gasteiger partial charge >= 0.3 is 0 Å². The quantitative estimate of drug-likeness (QED) is 0.767. The summed E-state index contributed by atoms with van der Waals surface area (Å²) in [5.41, 5.74) is -0.372. The Morgan fingerprint density at radius 3 is 2.29 bits per heavy atom. The number of hydrogen-bond donors (Lipinski definition) is 0. The minimum absolute atomic E-state index is 0.0562. The largest absolute Gasteiger partial charge is 0.338 e. The van der Waals surface area contributed by atoms with Gasteiger partial charge < -0.3 is 4.90 Å². The van der Waals surface area contributed by atoms with Crippen LogP contribution in [0.15, 0.2) is 17.0 Å². The third kappa shape index (κ3) is 3.33. The minimum Gasteiger partial charge on any atom is -0.338 e. The number of amides is 1. The van der Waals surface area contributed by atoms with Crippen molar-refractivity contribution in [3.63, 3.8) is 0 Å². The highest BCUT2D eigenvalue weighted by Gasteiger charge is 2.32. The van der Waals surface area contributed by atoms with Crippen LogP contribution in [0.4, 0.5) is 4.39 Å². The molecule has 0 radical (unpaired) electrons. The maximum atomic E-state index is 14.3. The summed E-state index contributed by atoms with van der Waals surface area (Å²) >= 11 is 5.78. The van der Waals surface area contributed by atoms with Crippen molar-refractivity contribution in [3.8, 4) is 0 Å². The highest BCUT2D eigenvalue weighted by molar-refractivity contribution is 8.13. The van der Waals surface area contributed by atoms with E-state index < -0.39 is 25.7 Å². The van der Waals surface area contributed by atoms with Crippen molar-refractivity contribution in [3.05, 3.63) is 28.5 Å². The number of carbonyl (C=O) groups is 1. The molecule has 1 aliphatic heterocycles. The molecule has 2 unspecified atom stereocenters. The molecule has 0 aliphatic carbocycles. The van der Waals surface area contributed by atoms with Crippen molar-refractivity contribution in [2.45, 2.75) is 18.7 Å². The zero-order chi connectivity index (χ0) is 15.9. The van der Waals surface area contributed by atoms with Gasteiger partial charge in [0.2, 0.25) is 0 Å². The van der Waals surface area contributed by atoms with E-state index in [9.17, 15) is 17.6 Å². The fraction of sp³-hybridized carbons (Fsp3) is 0.462. The van der Waals surface area contributed by atoms with Gasteiger partial charge in [-0.3, -0.25) is 4.79 Å². The molecule has 0 bridgehead atoms. The molecule has 1 heterocycles. The smallest absolute Gasteiger partial charge is 0.264 e. The van der Waals surface area contributed by atoms with Crippen molar-refractivity contribution in [2.75, 3.05) is 13.1 Å². The summed E-state index contributed by atoms with van der Waals surface area (Å²) in [7, 11) is 0.852. The third-order valence-corrected chi connectivity index (χ3v) is 5.31. The van der Waals surface area contributed by atoms with Crippen LogP contribution in [0.3, 0.4) is 0 Å². The van der Waals surface area contributed by atoms with E-state index >= 15 is 0 Å². The van der Waals surface area contributed by atoms with Crippen LogP contribution in [0.5, 0.6) is 0 Å². The fourth-order valence-electron chi connectivity index (χ4n) is 2.36. The first-order valence-electron chi connectivity index (χ1n) is 6.34. The molecule has 0 spiro atoms. The second-order valence-corrected chi connectivity index (χ2v) is 8.34. The summed E-state index contributed by atoms with van der Waals surface area (Å²) in [4.78, 5) is 13.1. The van der Waals surface area contributed by atoms with Crippen LogP contribution in [0, 0.1) is 17.7 Å². The lowest BCUT2D eigenvalue weighted by Gasteiger charge is -2.17. The molecule has 1 aliphatic rings. The number of benzene rings is 1. The van der Waals surface area contributed by atoms with Crippen molar-refractivity contribution in [1.82, 2.24) is 4.90 Å². The van der Waals surface area contributed by atoms with E-state index in [0.717, 1.165) is 12.1 Å². The van der Waals surface area contributed by atoms with E-state index in [-0.39, 0.29) is 10.6 Å². The average Bonchev–Trinajstić information content (AvgIpc) is 2.70. The number of likely N-dealkylation sites (tertiary alicyclic amines) is 1. The molecule has 116 valence electrons. The van der Waals surface area contributed by atoms with Crippen LogP contribution in [0.25, 0.3) is 0 Å². The topological polar surface area (TPSA) is 54.5 Å². The number of nitrogens with zero attached hydrogens (tertiary/aromatic N) is 1. The van der Waals surface area contributed by atoms with Gasteiger partial charge in [0.15, 0.2) is 5.82 Å². The summed E-state index contributed by atoms with van der Waals surface area (Å²) in [6, 6.07) is 2.02. The van der Waals surface area contributed by atoms with E-state index in [1.54, 1.807) is 0 Å². The van der Waals surface area contributed by atoms with Crippen LogP contribution >= 0.6 is 22.3 Å². The van der Waals surface area contributed by atoms with E-state index in [0.29, 0.717) is 24.9 Å². The Balaban J connectivity index is 2.45. The second kappa shape index (κ2) is 5.74. The average molecular weight is 354 g/mol. The highest BCUT2D eigenvalue weighted by atomic mass is 35.7. The lowest BCUT2D eigenvalue weighted by atomic mass is 10.0. The van der Waals surface area contributed by atoms with Crippen molar-refractivity contribution >= 4 is 37.2 Å². The third-order valence-electron chi connectivity index (χ3n) is 3.77. The Bertz CT molecular complexity index is 683. The van der Waals surface area contributed by atoms with Gasteiger partial charge in [-0.25, -0.2) is 12.8 Å². The molecule has 1 amide bonds. The Hall–Kier alpha value is -0.850. The monoisotopic (exact) mass is 353 g/mol. The molecule has 8 heteroatoms. The first-order valence-corrected chi connectivity index (χ1v) is 9.03. The molecule has 1 saturated heterocycles. The zero-order valence-corrected chi connectivity index (χ0v) is 13.8. The Morgan fingerprint density at radius 1 is 1.29 bits per heavy atom. The standard InChI is InChI=1S/C13H14Cl2FNO3S/c1-7-5-17(6-8(7)2)13(18)10-3-9(14)4-11(12(10)16)21(15,19)20/h3-4,7-8H,5-6H2,1-2H3. The van der Waals surface area contributed by atoms with Crippen molar-refractivity contribution in [2.24, 2.45) is 11.8 Å². The van der Waals surface area contributed by atoms with E-state index in [1.807, 2.05) is 13.8 Å². The van der Waals surface area contributed by atoms with E-state index in [1.165, 1.54) is 4.90 Å². The first-order chi connectivity index (χ1) is 9.61. The van der Waals surface area contributed by atoms with Gasteiger partial charge in [0, 0.05) is 28.8 Å². The molecule has 1 aromatic rings. The number of rotatable bonds is 2. The molecule has 2 rings (SSSR count). The molecule has 1 aromatic carbocycles. The number of hydrogen-bond acceptors (Lipinski definition) is 3. The van der Waals surface area contributed by atoms with Crippen LogP contribution in [-0.4, -0.2) is 32.3 Å². The Labute approximate surface area is 132 Å². The van der Waals surface area contributed by atoms with Crippen LogP contribution in [0.2, 0.25) is 5.02 Å². The summed E-state index contributed by atoms with van der Waals surface area (Å²) < 4.78 is 37.0. The summed E-state index contributed by atoms with van der Waals surface area (Å²) in [5.74, 6) is -1.14. The molecule has 4 nitrogen and oxygen atoms in total. The van der Waals surface area contributed by atoms with Gasteiger partial charge in [0.05, 0.1) is 5.56 Å². The minimum atomic E-state index is -4.32. The van der Waals surface area contributed by atoms with E-state index in [2.05, 4.69) is 0 Å². The second-order valence-electron chi connectivity index (χ2n) is 5.37. The maximum absolute atomic E-state index is 14.3. The molecule has 0 N–H and O–H groups in total. The predicted molar refractivity (Wildman–Crippen MR) is 78.7 cm³/mol. The Morgan fingerprint density at radius 2 is 1.81 bits per heavy atom. The molecule has 21 heavy (non-hydrogen) atoms. The lowest BCUT2D eigenvalue weighted by molar-refractivity contribution is 0.0779. The van der Waals surface area contributed by atoms with Gasteiger partial charge in [-0.1, -0.05) is 25.4 Å². The zero-order valence-electron chi connectivity index (χ0n) is 11.4. The SMILES string of the molecule is CC1CN(C(=O)c2cc(Cl)cc(S(=O)(=O)Cl)c2F)CC1C. The molecule has 2 atom stereocenters. The van der Waals surface area contributed by atoms with Crippen molar-refractivity contribution in [1.29, 1.82) is 0 Å². The van der Waals surface area contributed by atoms with Crippen molar-refractivity contribution < 1.29 is 17.6 Å². The normalized spacial score (nSPS) is 22.6. The molecule has 0 aromatic heterocycles.